The van der Waals surface area contributed by atoms with Gasteiger partial charge >= 0.3 is 5.97 Å². The number of nitriles is 1. The molecule has 0 aliphatic carbocycles. The number of carbonyl (C=O) groups is 1. The van der Waals surface area contributed by atoms with Gasteiger partial charge in [-0.3, -0.25) is 4.79 Å². The van der Waals surface area contributed by atoms with Crippen LogP contribution in [0.2, 0.25) is 5.02 Å². The number of hydrogen-bond acceptors (Lipinski definition) is 3. The van der Waals surface area contributed by atoms with Gasteiger partial charge in [0.2, 0.25) is 0 Å². The number of rotatable bonds is 3. The van der Waals surface area contributed by atoms with Crippen LogP contribution in [0.1, 0.15) is 18.4 Å². The molecule has 1 aromatic carbocycles. The van der Waals surface area contributed by atoms with Crippen molar-refractivity contribution in [3.8, 4) is 6.07 Å². The second-order valence-corrected chi connectivity index (χ2v) is 3.91. The molecule has 0 N–H and O–H groups in total. The average molecular weight is 238 g/mol. The zero-order valence-corrected chi connectivity index (χ0v) is 9.86. The molecule has 0 fully saturated rings. The lowest BCUT2D eigenvalue weighted by atomic mass is 9.88. The number of hydrogen-bond donors (Lipinski definition) is 0. The molecule has 0 bridgehead atoms. The molecule has 0 heterocycles. The molecular weight excluding hydrogens is 226 g/mol. The van der Waals surface area contributed by atoms with Crippen LogP contribution in [0.25, 0.3) is 0 Å². The highest BCUT2D eigenvalue weighted by atomic mass is 35.5. The van der Waals surface area contributed by atoms with Crippen molar-refractivity contribution in [3.63, 3.8) is 0 Å². The van der Waals surface area contributed by atoms with Gasteiger partial charge in [0, 0.05) is 5.02 Å². The lowest BCUT2D eigenvalue weighted by Crippen LogP contribution is -2.19. The number of benzene rings is 1. The Bertz CT molecular complexity index is 408. The summed E-state index contributed by atoms with van der Waals surface area (Å²) >= 11 is 5.75. The van der Waals surface area contributed by atoms with E-state index in [4.69, 9.17) is 16.9 Å². The van der Waals surface area contributed by atoms with Crippen molar-refractivity contribution in [1.82, 2.24) is 0 Å². The molecule has 1 rings (SSSR count). The molecule has 3 nitrogen and oxygen atoms in total. The Balaban J connectivity index is 2.95. The standard InChI is InChI=1S/C12H12ClNO2/c1-8(12(15)16-2)11(7-14)9-3-5-10(13)6-4-9/h3-6,8,11H,1-2H3. The van der Waals surface area contributed by atoms with E-state index in [2.05, 4.69) is 10.8 Å². The Hall–Kier alpha value is -1.53. The Labute approximate surface area is 99.6 Å². The first-order chi connectivity index (χ1) is 7.60. The zero-order chi connectivity index (χ0) is 12.1. The fourth-order valence-corrected chi connectivity index (χ4v) is 1.59. The van der Waals surface area contributed by atoms with Crippen LogP contribution >= 0.6 is 11.6 Å². The molecule has 0 amide bonds. The van der Waals surface area contributed by atoms with Gasteiger partial charge in [-0.1, -0.05) is 30.7 Å². The van der Waals surface area contributed by atoms with Crippen LogP contribution in [0.15, 0.2) is 24.3 Å². The molecule has 4 heteroatoms. The Morgan fingerprint density at radius 1 is 1.44 bits per heavy atom. The summed E-state index contributed by atoms with van der Waals surface area (Å²) in [5.74, 6) is -1.39. The third-order valence-electron chi connectivity index (χ3n) is 2.44. The lowest BCUT2D eigenvalue weighted by Gasteiger charge is -2.15. The Morgan fingerprint density at radius 3 is 2.44 bits per heavy atom. The quantitative estimate of drug-likeness (QED) is 0.760. The van der Waals surface area contributed by atoms with E-state index in [9.17, 15) is 4.79 Å². The zero-order valence-electron chi connectivity index (χ0n) is 9.11. The average Bonchev–Trinajstić information content (AvgIpc) is 2.31. The second-order valence-electron chi connectivity index (χ2n) is 3.47. The minimum atomic E-state index is -0.510. The predicted octanol–water partition coefficient (Wildman–Crippen LogP) is 2.76. The van der Waals surface area contributed by atoms with Crippen molar-refractivity contribution in [2.75, 3.05) is 7.11 Å². The van der Waals surface area contributed by atoms with Crippen molar-refractivity contribution in [2.24, 2.45) is 5.92 Å². The van der Waals surface area contributed by atoms with Crippen molar-refractivity contribution in [3.05, 3.63) is 34.9 Å². The van der Waals surface area contributed by atoms with Gasteiger partial charge in [-0.25, -0.2) is 0 Å². The van der Waals surface area contributed by atoms with Gasteiger partial charge in [0.05, 0.1) is 25.0 Å². The highest BCUT2D eigenvalue weighted by Crippen LogP contribution is 2.25. The van der Waals surface area contributed by atoms with E-state index >= 15 is 0 Å². The lowest BCUT2D eigenvalue weighted by molar-refractivity contribution is -0.145. The van der Waals surface area contributed by atoms with E-state index in [1.807, 2.05) is 0 Å². The second kappa shape index (κ2) is 5.53. The molecule has 0 aliphatic heterocycles. The van der Waals surface area contributed by atoms with Crippen LogP contribution in [0.4, 0.5) is 0 Å². The van der Waals surface area contributed by atoms with Crippen molar-refractivity contribution < 1.29 is 9.53 Å². The van der Waals surface area contributed by atoms with Gasteiger partial charge in [0.1, 0.15) is 0 Å². The van der Waals surface area contributed by atoms with Crippen molar-refractivity contribution >= 4 is 17.6 Å². The van der Waals surface area contributed by atoms with Crippen LogP contribution in [0.5, 0.6) is 0 Å². The minimum absolute atomic E-state index is 0.387. The van der Waals surface area contributed by atoms with Crippen LogP contribution in [-0.2, 0) is 9.53 Å². The highest BCUT2D eigenvalue weighted by Gasteiger charge is 2.25. The summed E-state index contributed by atoms with van der Waals surface area (Å²) in [6.45, 7) is 1.67. The SMILES string of the molecule is COC(=O)C(C)C(C#N)c1ccc(Cl)cc1. The smallest absolute Gasteiger partial charge is 0.310 e. The third-order valence-corrected chi connectivity index (χ3v) is 2.69. The van der Waals surface area contributed by atoms with Gasteiger partial charge in [0.25, 0.3) is 0 Å². The molecule has 2 atom stereocenters. The van der Waals surface area contributed by atoms with E-state index in [0.717, 1.165) is 5.56 Å². The van der Waals surface area contributed by atoms with Crippen LogP contribution in [0.3, 0.4) is 0 Å². The summed E-state index contributed by atoms with van der Waals surface area (Å²) in [6, 6.07) is 9.00. The summed E-state index contributed by atoms with van der Waals surface area (Å²) in [4.78, 5) is 11.4. The molecule has 0 aromatic heterocycles. The molecule has 2 unspecified atom stereocenters. The third kappa shape index (κ3) is 2.74. The molecule has 0 saturated carbocycles. The maximum absolute atomic E-state index is 11.4. The van der Waals surface area contributed by atoms with Crippen LogP contribution in [0, 0.1) is 17.2 Å². The first-order valence-corrected chi connectivity index (χ1v) is 5.21. The fraction of sp³-hybridized carbons (Fsp3) is 0.333. The number of carbonyl (C=O) groups excluding carboxylic acids is 1. The molecule has 1 aromatic rings. The number of nitrogens with zero attached hydrogens (tertiary/aromatic N) is 1. The van der Waals surface area contributed by atoms with Gasteiger partial charge < -0.3 is 4.74 Å². The van der Waals surface area contributed by atoms with Crippen LogP contribution < -0.4 is 0 Å². The first kappa shape index (κ1) is 12.5. The summed E-state index contributed by atoms with van der Waals surface area (Å²) in [5, 5.41) is 9.68. The largest absolute Gasteiger partial charge is 0.469 e. The van der Waals surface area contributed by atoms with Crippen molar-refractivity contribution in [2.45, 2.75) is 12.8 Å². The monoisotopic (exact) mass is 237 g/mol. The molecular formula is C12H12ClNO2. The topological polar surface area (TPSA) is 50.1 Å². The fourth-order valence-electron chi connectivity index (χ4n) is 1.47. The normalized spacial score (nSPS) is 13.6. The summed E-state index contributed by atoms with van der Waals surface area (Å²) in [7, 11) is 1.31. The summed E-state index contributed by atoms with van der Waals surface area (Å²) < 4.78 is 4.62. The van der Waals surface area contributed by atoms with Crippen LogP contribution in [-0.4, -0.2) is 13.1 Å². The Kier molecular flexibility index (Phi) is 4.33. The number of halogens is 1. The predicted molar refractivity (Wildman–Crippen MR) is 61.0 cm³/mol. The van der Waals surface area contributed by atoms with E-state index in [1.54, 1.807) is 31.2 Å². The molecule has 84 valence electrons. The van der Waals surface area contributed by atoms with E-state index in [-0.39, 0.29) is 5.97 Å². The molecule has 0 spiro atoms. The van der Waals surface area contributed by atoms with Gasteiger partial charge in [-0.15, -0.1) is 0 Å². The minimum Gasteiger partial charge on any atom is -0.469 e. The Morgan fingerprint density at radius 2 is 2.00 bits per heavy atom. The van der Waals surface area contributed by atoms with E-state index in [0.29, 0.717) is 5.02 Å². The molecule has 0 saturated heterocycles. The van der Waals surface area contributed by atoms with E-state index in [1.165, 1.54) is 7.11 Å². The maximum atomic E-state index is 11.4. The van der Waals surface area contributed by atoms with Gasteiger partial charge in [0.15, 0.2) is 0 Å². The number of ether oxygens (including phenoxy) is 1. The molecule has 0 aliphatic rings. The molecule has 0 radical (unpaired) electrons. The maximum Gasteiger partial charge on any atom is 0.310 e. The summed E-state index contributed by atoms with van der Waals surface area (Å²) in [5.41, 5.74) is 0.768. The first-order valence-electron chi connectivity index (χ1n) is 4.83. The van der Waals surface area contributed by atoms with Gasteiger partial charge in [-0.05, 0) is 17.7 Å². The highest BCUT2D eigenvalue weighted by molar-refractivity contribution is 6.30. The van der Waals surface area contributed by atoms with Crippen molar-refractivity contribution in [1.29, 1.82) is 5.26 Å². The molecule has 16 heavy (non-hydrogen) atoms. The van der Waals surface area contributed by atoms with E-state index < -0.39 is 11.8 Å². The summed E-state index contributed by atoms with van der Waals surface area (Å²) in [6.07, 6.45) is 0. The number of methoxy groups -OCH3 is 1. The van der Waals surface area contributed by atoms with Gasteiger partial charge in [-0.2, -0.15) is 5.26 Å². The number of esters is 1.